The van der Waals surface area contributed by atoms with E-state index in [2.05, 4.69) is 4.79 Å². The van der Waals surface area contributed by atoms with Gasteiger partial charge in [-0.2, -0.15) is 13.2 Å². The molecule has 0 bridgehead atoms. The van der Waals surface area contributed by atoms with Gasteiger partial charge in [0, 0.05) is 0 Å². The van der Waals surface area contributed by atoms with Crippen LogP contribution in [-0.2, 0) is 20.1 Å². The van der Waals surface area contributed by atoms with Crippen LogP contribution in [0.2, 0.25) is 0 Å². The van der Waals surface area contributed by atoms with Crippen LogP contribution >= 0.6 is 11.6 Å². The first-order chi connectivity index (χ1) is 10.4. The van der Waals surface area contributed by atoms with Crippen LogP contribution in [0, 0.1) is 5.92 Å². The van der Waals surface area contributed by atoms with Crippen molar-refractivity contribution in [3.8, 4) is 0 Å². The Hall–Kier alpha value is -1.21. The first-order valence-electron chi connectivity index (χ1n) is 6.85. The van der Waals surface area contributed by atoms with Crippen LogP contribution in [0.4, 0.5) is 0 Å². The molecule has 0 amide bonds. The van der Waals surface area contributed by atoms with E-state index in [1.165, 1.54) is 18.2 Å². The first-order valence-corrected chi connectivity index (χ1v) is 9.84. The highest BCUT2D eigenvalue weighted by Gasteiger charge is 2.43. The molecule has 1 unspecified atom stereocenters. The molecular formula is C13H15ClN2O4S2. The van der Waals surface area contributed by atoms with Crippen LogP contribution < -0.4 is 0 Å². The molecule has 0 aromatic carbocycles. The van der Waals surface area contributed by atoms with E-state index >= 15 is 0 Å². The Kier molecular flexibility index (Phi) is 5.39. The van der Waals surface area contributed by atoms with E-state index in [9.17, 15) is 22.4 Å². The molecule has 22 heavy (non-hydrogen) atoms. The van der Waals surface area contributed by atoms with Crippen LogP contribution in [0.5, 0.6) is 0 Å². The van der Waals surface area contributed by atoms with Crippen LogP contribution in [0.3, 0.4) is 0 Å². The molecule has 0 N–H and O–H groups in total. The second kappa shape index (κ2) is 6.91. The third-order valence-electron chi connectivity index (χ3n) is 3.85. The molecule has 0 aliphatic heterocycles. The lowest BCUT2D eigenvalue weighted by molar-refractivity contribution is -0.00895. The lowest BCUT2D eigenvalue weighted by atomic mass is 9.90. The topological polar surface area (TPSA) is 105 Å². The molecule has 2 aliphatic carbocycles. The summed E-state index contributed by atoms with van der Waals surface area (Å²) >= 11 is 6.00. The van der Waals surface area contributed by atoms with E-state index in [0.29, 0.717) is 12.8 Å². The van der Waals surface area contributed by atoms with E-state index in [-0.39, 0.29) is 20.7 Å². The molecule has 6 nitrogen and oxygen atoms in total. The van der Waals surface area contributed by atoms with Gasteiger partial charge < -0.3 is 5.53 Å². The quantitative estimate of drug-likeness (QED) is 0.186. The van der Waals surface area contributed by atoms with E-state index in [4.69, 9.17) is 11.6 Å². The molecule has 9 heteroatoms. The van der Waals surface area contributed by atoms with Gasteiger partial charge in [-0.25, -0.2) is 8.42 Å². The maximum Gasteiger partial charge on any atom is 0.388 e. The van der Waals surface area contributed by atoms with Crippen molar-refractivity contribution in [1.82, 2.24) is 0 Å². The minimum Gasteiger partial charge on any atom is -0.360 e. The number of sulfone groups is 1. The van der Waals surface area contributed by atoms with Crippen molar-refractivity contribution in [2.75, 3.05) is 0 Å². The molecule has 0 spiro atoms. The van der Waals surface area contributed by atoms with Crippen molar-refractivity contribution in [3.63, 3.8) is 0 Å². The van der Waals surface area contributed by atoms with Gasteiger partial charge in [-0.3, -0.25) is 0 Å². The van der Waals surface area contributed by atoms with Gasteiger partial charge in [-0.15, -0.1) is 11.6 Å². The molecule has 0 saturated heterocycles. The second-order valence-electron chi connectivity index (χ2n) is 5.20. The summed E-state index contributed by atoms with van der Waals surface area (Å²) < 4.78 is 47.6. The van der Waals surface area contributed by atoms with Gasteiger partial charge in [0.15, 0.2) is 0 Å². The number of alkyl halides is 1. The van der Waals surface area contributed by atoms with Gasteiger partial charge in [0.25, 0.3) is 9.84 Å². The van der Waals surface area contributed by atoms with Crippen molar-refractivity contribution in [2.24, 2.45) is 5.92 Å². The Bertz CT molecular complexity index is 804. The molecule has 0 radical (unpaired) electrons. The molecule has 120 valence electrons. The molecule has 0 heterocycles. The Morgan fingerprint density at radius 1 is 1.27 bits per heavy atom. The lowest BCUT2D eigenvalue weighted by Gasteiger charge is -2.20. The van der Waals surface area contributed by atoms with Crippen LogP contribution in [0.15, 0.2) is 23.1 Å². The van der Waals surface area contributed by atoms with Gasteiger partial charge in [-0.1, -0.05) is 25.3 Å². The van der Waals surface area contributed by atoms with Gasteiger partial charge in [0.1, 0.15) is 5.38 Å². The maximum absolute atomic E-state index is 12.7. The summed E-state index contributed by atoms with van der Waals surface area (Å²) in [5, 5.41) is -1.64. The Balaban J connectivity index is 2.45. The molecule has 0 aromatic heterocycles. The minimum atomic E-state index is -4.11. The van der Waals surface area contributed by atoms with E-state index < -0.39 is 25.5 Å². The Morgan fingerprint density at radius 3 is 2.45 bits per heavy atom. The Morgan fingerprint density at radius 2 is 1.91 bits per heavy atom. The summed E-state index contributed by atoms with van der Waals surface area (Å²) in [5.41, 5.74) is 9.20. The standard InChI is InChI=1S/C13H15ClN2O4S2/c14-12-10(21(17)18)7-4-8-11(12)22(19,20)13(16-15)9-5-2-1-3-6-9/h4,7-9,12H,1-3,5-6H2. The molecule has 2 rings (SSSR count). The minimum absolute atomic E-state index is 0.219. The summed E-state index contributed by atoms with van der Waals surface area (Å²) in [6, 6.07) is 0. The first kappa shape index (κ1) is 17.1. The summed E-state index contributed by atoms with van der Waals surface area (Å²) in [7, 11) is -6.72. The highest BCUT2D eigenvalue weighted by Crippen LogP contribution is 2.31. The second-order valence-corrected chi connectivity index (χ2v) is 8.48. The normalized spacial score (nSPS) is 22.9. The fourth-order valence-electron chi connectivity index (χ4n) is 2.74. The number of hydrogen-bond acceptors (Lipinski definition) is 4. The predicted molar refractivity (Wildman–Crippen MR) is 84.9 cm³/mol. The SMILES string of the molecule is [N-]=[N+]=C(C1CCCCC1)S(=O)(=O)C1=CC=CC(=S(=O)=O)C1Cl. The molecule has 2 aliphatic rings. The average molecular weight is 363 g/mol. The fraction of sp³-hybridized carbons (Fsp3) is 0.538. The predicted octanol–water partition coefficient (Wildman–Crippen LogP) is 1.72. The largest absolute Gasteiger partial charge is 0.388 e. The van der Waals surface area contributed by atoms with Crippen molar-refractivity contribution >= 4 is 41.6 Å². The summed E-state index contributed by atoms with van der Waals surface area (Å²) in [6.45, 7) is 0. The summed E-state index contributed by atoms with van der Waals surface area (Å²) in [5.74, 6) is -0.361. The van der Waals surface area contributed by atoms with Crippen molar-refractivity contribution in [1.29, 1.82) is 0 Å². The number of hydrogen-bond donors (Lipinski definition) is 0. The van der Waals surface area contributed by atoms with E-state index in [1.54, 1.807) is 0 Å². The summed E-state index contributed by atoms with van der Waals surface area (Å²) in [4.78, 5) is 2.52. The average Bonchev–Trinajstić information content (AvgIpc) is 2.48. The molecular weight excluding hydrogens is 348 g/mol. The van der Waals surface area contributed by atoms with Crippen LogP contribution in [0.1, 0.15) is 32.1 Å². The highest BCUT2D eigenvalue weighted by atomic mass is 35.5. The molecule has 1 saturated carbocycles. The summed E-state index contributed by atoms with van der Waals surface area (Å²) in [6.07, 6.45) is 7.80. The smallest absolute Gasteiger partial charge is 0.360 e. The third-order valence-corrected chi connectivity index (χ3v) is 7.30. The highest BCUT2D eigenvalue weighted by molar-refractivity contribution is 8.09. The zero-order valence-electron chi connectivity index (χ0n) is 11.6. The maximum atomic E-state index is 12.7. The monoisotopic (exact) mass is 362 g/mol. The van der Waals surface area contributed by atoms with Crippen molar-refractivity contribution in [3.05, 3.63) is 28.7 Å². The van der Waals surface area contributed by atoms with Gasteiger partial charge >= 0.3 is 5.04 Å². The van der Waals surface area contributed by atoms with Crippen molar-refractivity contribution in [2.45, 2.75) is 37.5 Å². The van der Waals surface area contributed by atoms with Gasteiger partial charge in [0.05, 0.1) is 15.7 Å². The number of allylic oxidation sites excluding steroid dienone is 4. The number of halogens is 1. The zero-order chi connectivity index (χ0) is 16.3. The van der Waals surface area contributed by atoms with Gasteiger partial charge in [-0.05, 0) is 25.0 Å². The van der Waals surface area contributed by atoms with Gasteiger partial charge in [0.2, 0.25) is 10.3 Å². The third kappa shape index (κ3) is 3.25. The fourth-order valence-corrected chi connectivity index (χ4v) is 5.69. The Labute approximate surface area is 135 Å². The molecule has 1 fully saturated rings. The van der Waals surface area contributed by atoms with Crippen LogP contribution in [0.25, 0.3) is 5.53 Å². The molecule has 0 aromatic rings. The zero-order valence-corrected chi connectivity index (χ0v) is 14.0. The number of rotatable bonds is 2. The lowest BCUT2D eigenvalue weighted by Crippen LogP contribution is -2.33. The van der Waals surface area contributed by atoms with E-state index in [1.807, 2.05) is 0 Å². The number of nitrogens with zero attached hydrogens (tertiary/aromatic N) is 2. The molecule has 1 atom stereocenters. The van der Waals surface area contributed by atoms with E-state index in [0.717, 1.165) is 19.3 Å². The van der Waals surface area contributed by atoms with Crippen LogP contribution in [-0.4, -0.2) is 36.9 Å². The van der Waals surface area contributed by atoms with Crippen molar-refractivity contribution < 1.29 is 21.6 Å².